The zero-order valence-corrected chi connectivity index (χ0v) is 9.76. The minimum absolute atomic E-state index is 0.179. The van der Waals surface area contributed by atoms with Crippen LogP contribution in [0.5, 0.6) is 0 Å². The number of rotatable bonds is 2. The topological polar surface area (TPSA) is 0 Å². The van der Waals surface area contributed by atoms with Crippen LogP contribution >= 0.6 is 11.6 Å². The van der Waals surface area contributed by atoms with Gasteiger partial charge in [-0.3, -0.25) is 0 Å². The Labute approximate surface area is 99.7 Å². The highest BCUT2D eigenvalue weighted by atomic mass is 35.5. The van der Waals surface area contributed by atoms with Gasteiger partial charge >= 0.3 is 0 Å². The van der Waals surface area contributed by atoms with Crippen molar-refractivity contribution in [1.29, 1.82) is 0 Å². The van der Waals surface area contributed by atoms with Gasteiger partial charge in [0.15, 0.2) is 0 Å². The molecule has 2 heteroatoms. The molecule has 0 aliphatic heterocycles. The lowest BCUT2D eigenvalue weighted by atomic mass is 10.0. The lowest BCUT2D eigenvalue weighted by molar-refractivity contribution is 0.629. The quantitative estimate of drug-likeness (QED) is 0.706. The first-order valence-corrected chi connectivity index (χ1v) is 5.63. The number of benzene rings is 2. The van der Waals surface area contributed by atoms with E-state index in [0.29, 0.717) is 10.6 Å². The zero-order chi connectivity index (χ0) is 11.5. The van der Waals surface area contributed by atoms with Gasteiger partial charge in [-0.1, -0.05) is 42.8 Å². The van der Waals surface area contributed by atoms with Crippen LogP contribution in [0.4, 0.5) is 4.39 Å². The zero-order valence-electron chi connectivity index (χ0n) is 9.00. The first kappa shape index (κ1) is 11.2. The van der Waals surface area contributed by atoms with Crippen LogP contribution in [-0.2, 0) is 6.42 Å². The van der Waals surface area contributed by atoms with Crippen LogP contribution in [0, 0.1) is 5.82 Å². The van der Waals surface area contributed by atoms with E-state index in [4.69, 9.17) is 11.6 Å². The molecule has 0 bridgehead atoms. The van der Waals surface area contributed by atoms with Gasteiger partial charge in [-0.25, -0.2) is 4.39 Å². The summed E-state index contributed by atoms with van der Waals surface area (Å²) in [6.45, 7) is 2.01. The Balaban J connectivity index is 2.44. The Kier molecular flexibility index (Phi) is 3.25. The second-order valence-electron chi connectivity index (χ2n) is 3.67. The van der Waals surface area contributed by atoms with Crippen LogP contribution < -0.4 is 0 Å². The monoisotopic (exact) mass is 234 g/mol. The lowest BCUT2D eigenvalue weighted by Gasteiger charge is -2.05. The number of aryl methyl sites for hydroxylation is 1. The summed E-state index contributed by atoms with van der Waals surface area (Å²) in [5.41, 5.74) is 2.48. The summed E-state index contributed by atoms with van der Waals surface area (Å²) >= 11 is 5.79. The molecule has 2 aromatic carbocycles. The predicted octanol–water partition coefficient (Wildman–Crippen LogP) is 4.71. The largest absolute Gasteiger partial charge is 0.206 e. The first-order chi connectivity index (χ1) is 7.70. The van der Waals surface area contributed by atoms with Gasteiger partial charge in [-0.15, -0.1) is 0 Å². The van der Waals surface area contributed by atoms with Crippen molar-refractivity contribution in [2.75, 3.05) is 0 Å². The third-order valence-corrected chi connectivity index (χ3v) is 2.85. The third kappa shape index (κ3) is 2.25. The highest BCUT2D eigenvalue weighted by Gasteiger charge is 2.05. The average molecular weight is 235 g/mol. The molecule has 0 aromatic heterocycles. The molecule has 0 heterocycles. The lowest BCUT2D eigenvalue weighted by Crippen LogP contribution is -1.87. The van der Waals surface area contributed by atoms with E-state index in [1.54, 1.807) is 18.2 Å². The Hall–Kier alpha value is -1.34. The molecule has 0 saturated carbocycles. The van der Waals surface area contributed by atoms with E-state index in [1.807, 2.05) is 31.2 Å². The molecule has 0 radical (unpaired) electrons. The number of hydrogen-bond acceptors (Lipinski definition) is 0. The Bertz CT molecular complexity index is 489. The van der Waals surface area contributed by atoms with E-state index < -0.39 is 0 Å². The van der Waals surface area contributed by atoms with Crippen molar-refractivity contribution in [2.24, 2.45) is 0 Å². The van der Waals surface area contributed by atoms with Crippen LogP contribution in [0.15, 0.2) is 42.5 Å². The van der Waals surface area contributed by atoms with E-state index in [1.165, 1.54) is 0 Å². The number of hydrogen-bond donors (Lipinski definition) is 0. The summed E-state index contributed by atoms with van der Waals surface area (Å²) < 4.78 is 13.8. The van der Waals surface area contributed by atoms with Crippen molar-refractivity contribution < 1.29 is 4.39 Å². The van der Waals surface area contributed by atoms with E-state index in [2.05, 4.69) is 0 Å². The van der Waals surface area contributed by atoms with Crippen molar-refractivity contribution >= 4 is 11.6 Å². The fourth-order valence-electron chi connectivity index (χ4n) is 1.64. The summed E-state index contributed by atoms with van der Waals surface area (Å²) in [5.74, 6) is -0.179. The Morgan fingerprint density at radius 2 is 1.75 bits per heavy atom. The van der Waals surface area contributed by atoms with E-state index in [0.717, 1.165) is 17.5 Å². The molecule has 2 rings (SSSR count). The van der Waals surface area contributed by atoms with Gasteiger partial charge in [0.25, 0.3) is 0 Å². The molecule has 0 amide bonds. The van der Waals surface area contributed by atoms with Gasteiger partial charge in [-0.2, -0.15) is 0 Å². The van der Waals surface area contributed by atoms with Gasteiger partial charge in [-0.05, 0) is 35.7 Å². The minimum atomic E-state index is -0.179. The van der Waals surface area contributed by atoms with Crippen molar-refractivity contribution in [1.82, 2.24) is 0 Å². The molecule has 0 nitrogen and oxygen atoms in total. The standard InChI is InChI=1S/C14H12ClF/c1-2-10-3-8-13(14(16)9-10)11-4-6-12(15)7-5-11/h3-9H,2H2,1H3. The highest BCUT2D eigenvalue weighted by Crippen LogP contribution is 2.25. The second kappa shape index (κ2) is 4.67. The van der Waals surface area contributed by atoms with Gasteiger partial charge < -0.3 is 0 Å². The average Bonchev–Trinajstić information content (AvgIpc) is 2.30. The van der Waals surface area contributed by atoms with Crippen LogP contribution in [0.1, 0.15) is 12.5 Å². The molecule has 0 saturated heterocycles. The highest BCUT2D eigenvalue weighted by molar-refractivity contribution is 6.30. The summed E-state index contributed by atoms with van der Waals surface area (Å²) in [4.78, 5) is 0. The molecule has 82 valence electrons. The van der Waals surface area contributed by atoms with Crippen molar-refractivity contribution in [3.8, 4) is 11.1 Å². The summed E-state index contributed by atoms with van der Waals surface area (Å²) in [5, 5.41) is 0.661. The van der Waals surface area contributed by atoms with E-state index >= 15 is 0 Å². The summed E-state index contributed by atoms with van der Waals surface area (Å²) in [6, 6.07) is 12.5. The molecule has 0 aliphatic carbocycles. The SMILES string of the molecule is CCc1ccc(-c2ccc(Cl)cc2)c(F)c1. The van der Waals surface area contributed by atoms with Crippen molar-refractivity contribution in [3.63, 3.8) is 0 Å². The normalized spacial score (nSPS) is 10.4. The number of halogens is 2. The van der Waals surface area contributed by atoms with Gasteiger partial charge in [0.05, 0.1) is 0 Å². The van der Waals surface area contributed by atoms with Crippen LogP contribution in [0.25, 0.3) is 11.1 Å². The fraction of sp³-hybridized carbons (Fsp3) is 0.143. The van der Waals surface area contributed by atoms with Crippen molar-refractivity contribution in [2.45, 2.75) is 13.3 Å². The van der Waals surface area contributed by atoms with Crippen LogP contribution in [0.3, 0.4) is 0 Å². The molecule has 0 spiro atoms. The predicted molar refractivity (Wildman–Crippen MR) is 66.2 cm³/mol. The first-order valence-electron chi connectivity index (χ1n) is 5.25. The van der Waals surface area contributed by atoms with E-state index in [-0.39, 0.29) is 5.82 Å². The van der Waals surface area contributed by atoms with E-state index in [9.17, 15) is 4.39 Å². The molecule has 0 N–H and O–H groups in total. The molecule has 2 aromatic rings. The molecule has 16 heavy (non-hydrogen) atoms. The fourth-order valence-corrected chi connectivity index (χ4v) is 1.77. The maximum Gasteiger partial charge on any atom is 0.131 e. The maximum absolute atomic E-state index is 13.8. The smallest absolute Gasteiger partial charge is 0.131 e. The van der Waals surface area contributed by atoms with Crippen LogP contribution in [-0.4, -0.2) is 0 Å². The van der Waals surface area contributed by atoms with Gasteiger partial charge in [0.2, 0.25) is 0 Å². The van der Waals surface area contributed by atoms with Gasteiger partial charge in [0.1, 0.15) is 5.82 Å². The molecule has 0 fully saturated rings. The summed E-state index contributed by atoms with van der Waals surface area (Å²) in [6.07, 6.45) is 0.845. The van der Waals surface area contributed by atoms with Crippen LogP contribution in [0.2, 0.25) is 5.02 Å². The molecule has 0 unspecified atom stereocenters. The molecule has 0 aliphatic rings. The molecular formula is C14H12ClF. The summed E-state index contributed by atoms with van der Waals surface area (Å²) in [7, 11) is 0. The maximum atomic E-state index is 13.8. The Morgan fingerprint density at radius 1 is 1.06 bits per heavy atom. The second-order valence-corrected chi connectivity index (χ2v) is 4.11. The minimum Gasteiger partial charge on any atom is -0.206 e. The molecular weight excluding hydrogens is 223 g/mol. The van der Waals surface area contributed by atoms with Crippen molar-refractivity contribution in [3.05, 3.63) is 58.9 Å². The Morgan fingerprint density at radius 3 is 2.31 bits per heavy atom. The third-order valence-electron chi connectivity index (χ3n) is 2.60. The van der Waals surface area contributed by atoms with Gasteiger partial charge in [0, 0.05) is 10.6 Å². The molecule has 0 atom stereocenters.